The molecule has 1 aliphatic heterocycles. The molecule has 1 aromatic rings. The third-order valence-corrected chi connectivity index (χ3v) is 4.06. The van der Waals surface area contributed by atoms with Crippen LogP contribution in [0.4, 0.5) is 8.78 Å². The molecule has 21 heavy (non-hydrogen) atoms. The second-order valence-corrected chi connectivity index (χ2v) is 5.30. The molecule has 1 aliphatic rings. The number of hydrogen-bond acceptors (Lipinski definition) is 2. The van der Waals surface area contributed by atoms with Crippen LogP contribution in [0, 0.1) is 11.6 Å². The Bertz CT molecular complexity index is 484. The predicted octanol–water partition coefficient (Wildman–Crippen LogP) is 3.10. The van der Waals surface area contributed by atoms with Crippen molar-refractivity contribution in [1.82, 2.24) is 10.6 Å². The van der Waals surface area contributed by atoms with Crippen molar-refractivity contribution in [2.45, 2.75) is 44.7 Å². The molecule has 0 radical (unpaired) electrons. The first kappa shape index (κ1) is 17.9. The summed E-state index contributed by atoms with van der Waals surface area (Å²) in [7, 11) is 0. The first-order chi connectivity index (χ1) is 9.50. The minimum Gasteiger partial charge on any atom is -0.348 e. The smallest absolute Gasteiger partial charge is 0.240 e. The molecule has 1 fully saturated rings. The number of carbonyl (C=O) groups excluding carboxylic acids is 1. The summed E-state index contributed by atoms with van der Waals surface area (Å²) in [6.07, 6.45) is 2.34. The quantitative estimate of drug-likeness (QED) is 0.895. The van der Waals surface area contributed by atoms with Gasteiger partial charge in [0.25, 0.3) is 0 Å². The topological polar surface area (TPSA) is 41.1 Å². The van der Waals surface area contributed by atoms with Crippen LogP contribution in [0.2, 0.25) is 0 Å². The van der Waals surface area contributed by atoms with E-state index < -0.39 is 23.2 Å². The van der Waals surface area contributed by atoms with E-state index in [0.717, 1.165) is 19.4 Å². The van der Waals surface area contributed by atoms with E-state index in [-0.39, 0.29) is 23.9 Å². The zero-order chi connectivity index (χ0) is 14.8. The van der Waals surface area contributed by atoms with E-state index in [4.69, 9.17) is 0 Å². The molecular formula is C15H21ClF2N2O. The lowest BCUT2D eigenvalue weighted by atomic mass is 9.92. The molecule has 1 heterocycles. The van der Waals surface area contributed by atoms with Crippen molar-refractivity contribution in [3.8, 4) is 0 Å². The second-order valence-electron chi connectivity index (χ2n) is 5.30. The SMILES string of the molecule is CCC1(C(=O)NC(C)c2c(F)cccc2F)CCCN1.Cl. The molecule has 0 aliphatic carbocycles. The standard InChI is InChI=1S/C15H20F2N2O.ClH/c1-3-15(8-5-9-18-15)14(20)19-10(2)13-11(16)6-4-7-12(13)17;/h4,6-7,10,18H,3,5,8-9H2,1-2H3,(H,19,20);1H. The Morgan fingerprint density at radius 2 is 2.05 bits per heavy atom. The molecule has 1 saturated heterocycles. The van der Waals surface area contributed by atoms with Gasteiger partial charge in [-0.3, -0.25) is 4.79 Å². The number of rotatable bonds is 4. The molecule has 1 aromatic carbocycles. The van der Waals surface area contributed by atoms with Crippen LogP contribution in [0.5, 0.6) is 0 Å². The molecule has 2 rings (SSSR count). The molecule has 6 heteroatoms. The van der Waals surface area contributed by atoms with Gasteiger partial charge < -0.3 is 10.6 Å². The largest absolute Gasteiger partial charge is 0.348 e. The summed E-state index contributed by atoms with van der Waals surface area (Å²) in [6, 6.07) is 3.01. The second kappa shape index (κ2) is 7.18. The van der Waals surface area contributed by atoms with E-state index in [1.165, 1.54) is 18.2 Å². The Kier molecular flexibility index (Phi) is 6.10. The average molecular weight is 319 g/mol. The Labute approximate surface area is 129 Å². The van der Waals surface area contributed by atoms with Crippen molar-refractivity contribution in [2.24, 2.45) is 0 Å². The van der Waals surface area contributed by atoms with Crippen LogP contribution in [0.15, 0.2) is 18.2 Å². The van der Waals surface area contributed by atoms with Crippen LogP contribution in [-0.2, 0) is 4.79 Å². The minimum atomic E-state index is -0.700. The fourth-order valence-electron chi connectivity index (χ4n) is 2.79. The number of halogens is 3. The highest BCUT2D eigenvalue weighted by molar-refractivity contribution is 5.87. The van der Waals surface area contributed by atoms with Crippen LogP contribution in [-0.4, -0.2) is 18.0 Å². The minimum absolute atomic E-state index is 0. The maximum atomic E-state index is 13.7. The Balaban J connectivity index is 0.00000220. The summed E-state index contributed by atoms with van der Waals surface area (Å²) in [5.41, 5.74) is -0.694. The van der Waals surface area contributed by atoms with Gasteiger partial charge in [0.05, 0.1) is 11.6 Å². The molecular weight excluding hydrogens is 298 g/mol. The summed E-state index contributed by atoms with van der Waals surface area (Å²) < 4.78 is 27.4. The molecule has 0 bridgehead atoms. The van der Waals surface area contributed by atoms with Gasteiger partial charge in [-0.05, 0) is 44.9 Å². The maximum Gasteiger partial charge on any atom is 0.240 e. The summed E-state index contributed by atoms with van der Waals surface area (Å²) in [5, 5.41) is 5.94. The third-order valence-electron chi connectivity index (χ3n) is 4.06. The van der Waals surface area contributed by atoms with Gasteiger partial charge in [0.15, 0.2) is 0 Å². The summed E-state index contributed by atoms with van der Waals surface area (Å²) in [6.45, 7) is 4.33. The monoisotopic (exact) mass is 318 g/mol. The molecule has 1 amide bonds. The van der Waals surface area contributed by atoms with E-state index in [2.05, 4.69) is 10.6 Å². The molecule has 2 atom stereocenters. The maximum absolute atomic E-state index is 13.7. The van der Waals surface area contributed by atoms with E-state index in [1.54, 1.807) is 6.92 Å². The number of nitrogens with one attached hydrogen (secondary N) is 2. The van der Waals surface area contributed by atoms with Gasteiger partial charge in [-0.2, -0.15) is 0 Å². The van der Waals surface area contributed by atoms with Gasteiger partial charge in [-0.1, -0.05) is 13.0 Å². The van der Waals surface area contributed by atoms with Crippen molar-refractivity contribution < 1.29 is 13.6 Å². The highest BCUT2D eigenvalue weighted by Gasteiger charge is 2.39. The third kappa shape index (κ3) is 3.52. The Hall–Kier alpha value is -1.20. The van der Waals surface area contributed by atoms with Crippen molar-refractivity contribution in [3.63, 3.8) is 0 Å². The van der Waals surface area contributed by atoms with Crippen LogP contribution in [0.3, 0.4) is 0 Å². The van der Waals surface area contributed by atoms with Crippen LogP contribution in [0.1, 0.15) is 44.7 Å². The van der Waals surface area contributed by atoms with Crippen LogP contribution in [0.25, 0.3) is 0 Å². The first-order valence-corrected chi connectivity index (χ1v) is 7.00. The predicted molar refractivity (Wildman–Crippen MR) is 80.4 cm³/mol. The number of hydrogen-bond donors (Lipinski definition) is 2. The summed E-state index contributed by atoms with van der Waals surface area (Å²) in [5.74, 6) is -1.46. The summed E-state index contributed by atoms with van der Waals surface area (Å²) >= 11 is 0. The van der Waals surface area contributed by atoms with Gasteiger partial charge in [0.2, 0.25) is 5.91 Å². The zero-order valence-electron chi connectivity index (χ0n) is 12.2. The molecule has 2 N–H and O–H groups in total. The van der Waals surface area contributed by atoms with Gasteiger partial charge >= 0.3 is 0 Å². The van der Waals surface area contributed by atoms with E-state index >= 15 is 0 Å². The van der Waals surface area contributed by atoms with Crippen molar-refractivity contribution in [3.05, 3.63) is 35.4 Å². The van der Waals surface area contributed by atoms with Crippen molar-refractivity contribution >= 4 is 18.3 Å². The number of benzene rings is 1. The zero-order valence-corrected chi connectivity index (χ0v) is 13.0. The fraction of sp³-hybridized carbons (Fsp3) is 0.533. The normalized spacial score (nSPS) is 22.5. The van der Waals surface area contributed by atoms with E-state index in [0.29, 0.717) is 6.42 Å². The van der Waals surface area contributed by atoms with Crippen LogP contribution >= 0.6 is 12.4 Å². The van der Waals surface area contributed by atoms with Crippen molar-refractivity contribution in [1.29, 1.82) is 0 Å². The molecule has 118 valence electrons. The lowest BCUT2D eigenvalue weighted by Crippen LogP contribution is -2.53. The van der Waals surface area contributed by atoms with Gasteiger partial charge in [0, 0.05) is 5.56 Å². The average Bonchev–Trinajstić information content (AvgIpc) is 2.88. The molecule has 3 nitrogen and oxygen atoms in total. The highest BCUT2D eigenvalue weighted by atomic mass is 35.5. The first-order valence-electron chi connectivity index (χ1n) is 7.00. The molecule has 0 aromatic heterocycles. The fourth-order valence-corrected chi connectivity index (χ4v) is 2.79. The lowest BCUT2D eigenvalue weighted by molar-refractivity contribution is -0.128. The summed E-state index contributed by atoms with van der Waals surface area (Å²) in [4.78, 5) is 12.4. The molecule has 0 saturated carbocycles. The van der Waals surface area contributed by atoms with Crippen molar-refractivity contribution in [2.75, 3.05) is 6.54 Å². The lowest BCUT2D eigenvalue weighted by Gasteiger charge is -2.29. The van der Waals surface area contributed by atoms with Gasteiger partial charge in [0.1, 0.15) is 11.6 Å². The van der Waals surface area contributed by atoms with Gasteiger partial charge in [-0.15, -0.1) is 12.4 Å². The van der Waals surface area contributed by atoms with E-state index in [1.807, 2.05) is 6.92 Å². The van der Waals surface area contributed by atoms with Gasteiger partial charge in [-0.25, -0.2) is 8.78 Å². The Morgan fingerprint density at radius 3 is 2.52 bits per heavy atom. The van der Waals surface area contributed by atoms with Crippen LogP contribution < -0.4 is 10.6 Å². The molecule has 0 spiro atoms. The highest BCUT2D eigenvalue weighted by Crippen LogP contribution is 2.26. The number of amides is 1. The molecule has 2 unspecified atom stereocenters. The number of carbonyl (C=O) groups is 1. The van der Waals surface area contributed by atoms with E-state index in [9.17, 15) is 13.6 Å². The Morgan fingerprint density at radius 1 is 1.43 bits per heavy atom.